The molecule has 0 atom stereocenters. The third kappa shape index (κ3) is 3.65. The van der Waals surface area contributed by atoms with E-state index >= 15 is 0 Å². The molecule has 3 aromatic rings. The van der Waals surface area contributed by atoms with Crippen LogP contribution in [-0.2, 0) is 0 Å². The highest BCUT2D eigenvalue weighted by molar-refractivity contribution is 7.15. The van der Waals surface area contributed by atoms with Gasteiger partial charge in [-0.1, -0.05) is 38.6 Å². The van der Waals surface area contributed by atoms with E-state index in [1.807, 2.05) is 29.5 Å². The Morgan fingerprint density at radius 1 is 0.963 bits per heavy atom. The molecule has 0 aliphatic heterocycles. The van der Waals surface area contributed by atoms with Crippen LogP contribution in [0.4, 0.5) is 0 Å². The zero-order valence-corrected chi connectivity index (χ0v) is 17.4. The predicted molar refractivity (Wildman–Crippen MR) is 117 cm³/mol. The van der Waals surface area contributed by atoms with Gasteiger partial charge in [-0.15, -0.1) is 11.3 Å². The van der Waals surface area contributed by atoms with Crippen LogP contribution in [-0.4, -0.2) is 14.2 Å². The van der Waals surface area contributed by atoms with Crippen molar-refractivity contribution in [2.45, 2.75) is 26.7 Å². The van der Waals surface area contributed by atoms with Crippen molar-refractivity contribution in [3.63, 3.8) is 0 Å². The first-order valence-electron chi connectivity index (χ1n) is 9.08. The number of benzene rings is 2. The monoisotopic (exact) mass is 378 g/mol. The van der Waals surface area contributed by atoms with Gasteiger partial charge in [0.15, 0.2) is 0 Å². The zero-order valence-electron chi connectivity index (χ0n) is 16.6. The van der Waals surface area contributed by atoms with Crippen molar-refractivity contribution in [3.8, 4) is 33.1 Å². The Bertz CT molecular complexity index is 967. The maximum atomic E-state index is 5.74. The van der Waals surface area contributed by atoms with Crippen LogP contribution in [0.1, 0.15) is 35.8 Å². The quantitative estimate of drug-likeness (QED) is 0.452. The highest BCUT2D eigenvalue weighted by Gasteiger charge is 2.21. The number of hydrogen-bond donors (Lipinski definition) is 0. The summed E-state index contributed by atoms with van der Waals surface area (Å²) in [6.45, 7) is 10.7. The first-order valence-corrected chi connectivity index (χ1v) is 9.90. The van der Waals surface area contributed by atoms with Gasteiger partial charge in [0, 0.05) is 26.9 Å². The maximum Gasteiger partial charge on any atom is 0.130 e. The summed E-state index contributed by atoms with van der Waals surface area (Å²) >= 11 is 1.81. The molecule has 0 saturated carbocycles. The van der Waals surface area contributed by atoms with Crippen molar-refractivity contribution in [2.75, 3.05) is 14.2 Å². The first-order chi connectivity index (χ1) is 13.0. The average Bonchev–Trinajstić information content (AvgIpc) is 3.11. The Morgan fingerprint density at radius 3 is 2.30 bits per heavy atom. The number of methoxy groups -OCH3 is 2. The second kappa shape index (κ2) is 8.01. The van der Waals surface area contributed by atoms with Gasteiger partial charge < -0.3 is 9.47 Å². The zero-order chi connectivity index (χ0) is 19.6. The van der Waals surface area contributed by atoms with Gasteiger partial charge in [0.1, 0.15) is 11.5 Å². The van der Waals surface area contributed by atoms with Crippen molar-refractivity contribution in [3.05, 3.63) is 65.0 Å². The smallest absolute Gasteiger partial charge is 0.130 e. The van der Waals surface area contributed by atoms with Gasteiger partial charge in [-0.3, -0.25) is 0 Å². The van der Waals surface area contributed by atoms with Crippen LogP contribution in [0.2, 0.25) is 0 Å². The molecule has 0 spiro atoms. The lowest BCUT2D eigenvalue weighted by Crippen LogP contribution is -1.99. The van der Waals surface area contributed by atoms with Crippen LogP contribution in [0.25, 0.3) is 27.6 Å². The Kier molecular flexibility index (Phi) is 5.71. The van der Waals surface area contributed by atoms with Crippen LogP contribution < -0.4 is 9.47 Å². The van der Waals surface area contributed by atoms with E-state index in [2.05, 4.69) is 57.7 Å². The molecule has 0 bridgehead atoms. The van der Waals surface area contributed by atoms with Crippen molar-refractivity contribution in [1.82, 2.24) is 0 Å². The summed E-state index contributed by atoms with van der Waals surface area (Å²) in [5.74, 6) is 1.98. The van der Waals surface area contributed by atoms with Crippen molar-refractivity contribution in [1.29, 1.82) is 0 Å². The molecule has 2 aromatic carbocycles. The lowest BCUT2D eigenvalue weighted by molar-refractivity contribution is 0.395. The number of hydrogen-bond acceptors (Lipinski definition) is 3. The number of rotatable bonds is 6. The van der Waals surface area contributed by atoms with Crippen LogP contribution in [0.5, 0.6) is 11.5 Å². The maximum absolute atomic E-state index is 5.74. The summed E-state index contributed by atoms with van der Waals surface area (Å²) in [7, 11) is 3.38. The Hall–Kier alpha value is -2.52. The lowest BCUT2D eigenvalue weighted by Gasteiger charge is -2.21. The molecule has 0 aliphatic rings. The molecule has 0 unspecified atom stereocenters. The summed E-state index contributed by atoms with van der Waals surface area (Å²) in [5.41, 5.74) is 5.94. The van der Waals surface area contributed by atoms with Crippen LogP contribution in [0.3, 0.4) is 0 Å². The minimum atomic E-state index is 0.380. The third-order valence-corrected chi connectivity index (χ3v) is 5.79. The molecule has 140 valence electrons. The fourth-order valence-corrected chi connectivity index (χ4v) is 4.36. The van der Waals surface area contributed by atoms with E-state index in [1.54, 1.807) is 14.2 Å². The molecule has 0 amide bonds. The predicted octanol–water partition coefficient (Wildman–Crippen LogP) is 7.17. The van der Waals surface area contributed by atoms with Gasteiger partial charge in [-0.05, 0) is 53.8 Å². The molecular weight excluding hydrogens is 352 g/mol. The van der Waals surface area contributed by atoms with E-state index in [-0.39, 0.29) is 0 Å². The van der Waals surface area contributed by atoms with Gasteiger partial charge in [0.05, 0.1) is 14.2 Å². The highest BCUT2D eigenvalue weighted by atomic mass is 32.1. The van der Waals surface area contributed by atoms with Gasteiger partial charge in [0.2, 0.25) is 0 Å². The summed E-state index contributed by atoms with van der Waals surface area (Å²) in [6.07, 6.45) is 1.94. The summed E-state index contributed by atoms with van der Waals surface area (Å²) in [4.78, 5) is 2.54. The van der Waals surface area contributed by atoms with Crippen LogP contribution >= 0.6 is 11.3 Å². The van der Waals surface area contributed by atoms with Gasteiger partial charge in [0.25, 0.3) is 0 Å². The average molecular weight is 379 g/mol. The molecule has 0 fully saturated rings. The largest absolute Gasteiger partial charge is 0.497 e. The van der Waals surface area contributed by atoms with E-state index in [4.69, 9.17) is 9.47 Å². The molecule has 0 saturated heterocycles. The fourth-order valence-electron chi connectivity index (χ4n) is 3.42. The normalized spacial score (nSPS) is 10.9. The van der Waals surface area contributed by atoms with Crippen molar-refractivity contribution >= 4 is 17.4 Å². The molecule has 3 rings (SSSR count). The molecule has 0 aliphatic carbocycles. The Balaban J connectivity index is 2.41. The molecule has 3 heteroatoms. The van der Waals surface area contributed by atoms with Crippen LogP contribution in [0, 0.1) is 6.92 Å². The van der Waals surface area contributed by atoms with E-state index in [1.165, 1.54) is 26.4 Å². The lowest BCUT2D eigenvalue weighted by atomic mass is 9.85. The molecule has 0 radical (unpaired) electrons. The molecule has 1 aromatic heterocycles. The number of thiophene rings is 1. The highest BCUT2D eigenvalue weighted by Crippen LogP contribution is 2.46. The molecule has 1 heterocycles. The standard InChI is InChI=1S/C24H26O2S/c1-7-17-9-11-19(15(2)3)24(23(17)22-13-8-16(4)27-22)20-12-10-18(25-5)14-21(20)26-6/h7-15H,1H2,2-6H3. The topological polar surface area (TPSA) is 18.5 Å². The van der Waals surface area contributed by atoms with E-state index in [0.717, 1.165) is 22.6 Å². The minimum absolute atomic E-state index is 0.380. The molecule has 27 heavy (non-hydrogen) atoms. The summed E-state index contributed by atoms with van der Waals surface area (Å²) in [5, 5.41) is 0. The van der Waals surface area contributed by atoms with Gasteiger partial charge in [-0.2, -0.15) is 0 Å². The Labute approximate surface area is 166 Å². The molecule has 2 nitrogen and oxygen atoms in total. The van der Waals surface area contributed by atoms with E-state index < -0.39 is 0 Å². The Morgan fingerprint density at radius 2 is 1.74 bits per heavy atom. The minimum Gasteiger partial charge on any atom is -0.497 e. The second-order valence-corrected chi connectivity index (χ2v) is 8.12. The molecule has 0 N–H and O–H groups in total. The second-order valence-electron chi connectivity index (χ2n) is 6.83. The SMILES string of the molecule is C=Cc1ccc(C(C)C)c(-c2ccc(OC)cc2OC)c1-c1ccc(C)s1. The van der Waals surface area contributed by atoms with Crippen molar-refractivity contribution < 1.29 is 9.47 Å². The van der Waals surface area contributed by atoms with E-state index in [0.29, 0.717) is 5.92 Å². The van der Waals surface area contributed by atoms with Crippen molar-refractivity contribution in [2.24, 2.45) is 0 Å². The van der Waals surface area contributed by atoms with Gasteiger partial charge >= 0.3 is 0 Å². The van der Waals surface area contributed by atoms with Crippen LogP contribution in [0.15, 0.2) is 49.0 Å². The summed E-state index contributed by atoms with van der Waals surface area (Å²) in [6, 6.07) is 14.8. The third-order valence-electron chi connectivity index (χ3n) is 4.78. The van der Waals surface area contributed by atoms with Gasteiger partial charge in [-0.25, -0.2) is 0 Å². The molecular formula is C24H26O2S. The first kappa shape index (κ1) is 19.2. The number of ether oxygens (including phenoxy) is 2. The number of aryl methyl sites for hydroxylation is 1. The van der Waals surface area contributed by atoms with E-state index in [9.17, 15) is 0 Å². The summed E-state index contributed by atoms with van der Waals surface area (Å²) < 4.78 is 11.1. The fraction of sp³-hybridized carbons (Fsp3) is 0.250.